The van der Waals surface area contributed by atoms with Crippen LogP contribution in [-0.2, 0) is 4.79 Å². The number of rotatable bonds is 5. The van der Waals surface area contributed by atoms with Crippen LogP contribution < -0.4 is 5.32 Å². The van der Waals surface area contributed by atoms with E-state index in [1.807, 2.05) is 18.4 Å². The van der Waals surface area contributed by atoms with E-state index >= 15 is 0 Å². The molecule has 0 rings (SSSR count). The largest absolute Gasteiger partial charge is 0.355 e. The van der Waals surface area contributed by atoms with Crippen LogP contribution in [0.25, 0.3) is 0 Å². The monoisotopic (exact) mass is 145 g/mol. The minimum Gasteiger partial charge on any atom is -0.355 e. The van der Waals surface area contributed by atoms with E-state index in [-0.39, 0.29) is 0 Å². The molecule has 0 saturated heterocycles. The van der Waals surface area contributed by atoms with E-state index in [0.717, 1.165) is 5.75 Å². The van der Waals surface area contributed by atoms with Gasteiger partial charge in [0.05, 0.1) is 0 Å². The lowest BCUT2D eigenvalue weighted by Crippen LogP contribution is -2.09. The molecule has 3 heteroatoms. The number of hydrogen-bond acceptors (Lipinski definition) is 2. The van der Waals surface area contributed by atoms with Crippen LogP contribution >= 0.6 is 11.8 Å². The summed E-state index contributed by atoms with van der Waals surface area (Å²) in [5.74, 6) is 1.01. The van der Waals surface area contributed by atoms with Gasteiger partial charge in [-0.25, -0.2) is 0 Å². The van der Waals surface area contributed by atoms with Gasteiger partial charge in [0.15, 0.2) is 0 Å². The topological polar surface area (TPSA) is 29.1 Å². The lowest BCUT2D eigenvalue weighted by molar-refractivity contribution is -0.109. The van der Waals surface area contributed by atoms with E-state index in [1.54, 1.807) is 11.8 Å². The molecule has 1 N–H and O–H groups in total. The molecule has 0 aromatic heterocycles. The van der Waals surface area contributed by atoms with E-state index < -0.39 is 0 Å². The van der Waals surface area contributed by atoms with E-state index in [4.69, 9.17) is 0 Å². The smallest absolute Gasteiger partial charge is 0.207 e. The van der Waals surface area contributed by atoms with Gasteiger partial charge >= 0.3 is 0 Å². The molecule has 0 heterocycles. The molecule has 0 aromatic carbocycles. The molecule has 0 spiro atoms. The van der Waals surface area contributed by atoms with Gasteiger partial charge in [-0.3, -0.25) is 4.79 Å². The van der Waals surface area contributed by atoms with E-state index in [9.17, 15) is 4.79 Å². The summed E-state index contributed by atoms with van der Waals surface area (Å²) >= 11 is 1.76. The van der Waals surface area contributed by atoms with Crippen molar-refractivity contribution >= 4 is 18.2 Å². The Bertz CT molecular complexity index is 93.1. The van der Waals surface area contributed by atoms with Crippen LogP contribution in [0.4, 0.5) is 0 Å². The van der Waals surface area contributed by atoms with Crippen molar-refractivity contribution in [1.82, 2.24) is 5.32 Å². The Morgan fingerprint density at radius 1 is 1.56 bits per heavy atom. The van der Waals surface area contributed by atoms with E-state index in [0.29, 0.717) is 13.0 Å². The van der Waals surface area contributed by atoms with Crippen molar-refractivity contribution in [3.05, 3.63) is 12.2 Å². The third-order valence-electron chi connectivity index (χ3n) is 0.749. The number of carbonyl (C=O) groups excluding carboxylic acids is 1. The SMILES string of the molecule is CSC/C=C/CNC=O. The predicted molar refractivity (Wildman–Crippen MR) is 41.6 cm³/mol. The van der Waals surface area contributed by atoms with Crippen LogP contribution in [0.2, 0.25) is 0 Å². The Labute approximate surface area is 59.7 Å². The van der Waals surface area contributed by atoms with Crippen LogP contribution in [0.1, 0.15) is 0 Å². The van der Waals surface area contributed by atoms with Gasteiger partial charge in [0, 0.05) is 12.3 Å². The van der Waals surface area contributed by atoms with Gasteiger partial charge in [-0.1, -0.05) is 12.2 Å². The highest BCUT2D eigenvalue weighted by molar-refractivity contribution is 7.98. The number of nitrogens with one attached hydrogen (secondary N) is 1. The summed E-state index contributed by atoms with van der Waals surface area (Å²) in [6, 6.07) is 0. The van der Waals surface area contributed by atoms with Crippen molar-refractivity contribution in [2.75, 3.05) is 18.6 Å². The van der Waals surface area contributed by atoms with Crippen LogP contribution in [0.5, 0.6) is 0 Å². The minimum atomic E-state index is 0.643. The Morgan fingerprint density at radius 2 is 2.33 bits per heavy atom. The first-order valence-corrected chi connectivity index (χ1v) is 4.12. The Balaban J connectivity index is 2.94. The second-order valence-corrected chi connectivity index (χ2v) is 2.36. The van der Waals surface area contributed by atoms with Gasteiger partial charge in [-0.05, 0) is 6.26 Å². The molecule has 0 bridgehead atoms. The number of carbonyl (C=O) groups is 1. The fourth-order valence-corrected chi connectivity index (χ4v) is 0.692. The summed E-state index contributed by atoms with van der Waals surface area (Å²) in [4.78, 5) is 9.69. The predicted octanol–water partition coefficient (Wildman–Crippen LogP) is 0.652. The van der Waals surface area contributed by atoms with Gasteiger partial charge < -0.3 is 5.32 Å². The van der Waals surface area contributed by atoms with Crippen molar-refractivity contribution < 1.29 is 4.79 Å². The van der Waals surface area contributed by atoms with Gasteiger partial charge in [-0.2, -0.15) is 11.8 Å². The van der Waals surface area contributed by atoms with Gasteiger partial charge in [0.25, 0.3) is 0 Å². The molecule has 0 aromatic rings. The van der Waals surface area contributed by atoms with Crippen molar-refractivity contribution in [2.45, 2.75) is 0 Å². The molecular formula is C6H11NOS. The second-order valence-electron chi connectivity index (χ2n) is 1.45. The van der Waals surface area contributed by atoms with Crippen molar-refractivity contribution in [3.8, 4) is 0 Å². The first-order chi connectivity index (χ1) is 4.41. The average Bonchev–Trinajstić information content (AvgIpc) is 1.89. The van der Waals surface area contributed by atoms with Crippen LogP contribution in [0.3, 0.4) is 0 Å². The molecule has 0 aliphatic carbocycles. The fourth-order valence-electron chi connectivity index (χ4n) is 0.364. The molecule has 0 radical (unpaired) electrons. The van der Waals surface area contributed by atoms with Crippen LogP contribution in [-0.4, -0.2) is 25.0 Å². The number of amides is 1. The Hall–Kier alpha value is -0.440. The van der Waals surface area contributed by atoms with Gasteiger partial charge in [-0.15, -0.1) is 0 Å². The maximum atomic E-state index is 9.69. The second kappa shape index (κ2) is 7.56. The molecule has 0 fully saturated rings. The Morgan fingerprint density at radius 3 is 2.89 bits per heavy atom. The van der Waals surface area contributed by atoms with Crippen LogP contribution in [0, 0.1) is 0 Å². The van der Waals surface area contributed by atoms with Crippen molar-refractivity contribution in [1.29, 1.82) is 0 Å². The molecule has 0 unspecified atom stereocenters. The first-order valence-electron chi connectivity index (χ1n) is 2.72. The van der Waals surface area contributed by atoms with Gasteiger partial charge in [0.2, 0.25) is 6.41 Å². The van der Waals surface area contributed by atoms with Gasteiger partial charge in [0.1, 0.15) is 0 Å². The summed E-state index contributed by atoms with van der Waals surface area (Å²) in [5.41, 5.74) is 0. The summed E-state index contributed by atoms with van der Waals surface area (Å²) in [7, 11) is 0. The number of thioether (sulfide) groups is 1. The zero-order valence-electron chi connectivity index (χ0n) is 5.46. The molecule has 0 saturated carbocycles. The summed E-state index contributed by atoms with van der Waals surface area (Å²) in [5, 5.41) is 2.53. The molecule has 0 aliphatic rings. The highest BCUT2D eigenvalue weighted by Crippen LogP contribution is 1.89. The quantitative estimate of drug-likeness (QED) is 0.349. The summed E-state index contributed by atoms with van der Waals surface area (Å²) in [6.45, 7) is 0.643. The molecule has 1 amide bonds. The highest BCUT2D eigenvalue weighted by Gasteiger charge is 1.72. The molecular weight excluding hydrogens is 134 g/mol. The molecule has 0 aliphatic heterocycles. The highest BCUT2D eigenvalue weighted by atomic mass is 32.2. The molecule has 52 valence electrons. The van der Waals surface area contributed by atoms with Crippen molar-refractivity contribution in [3.63, 3.8) is 0 Å². The molecule has 9 heavy (non-hydrogen) atoms. The zero-order valence-corrected chi connectivity index (χ0v) is 6.28. The average molecular weight is 145 g/mol. The lowest BCUT2D eigenvalue weighted by atomic mass is 10.5. The van der Waals surface area contributed by atoms with Crippen molar-refractivity contribution in [2.24, 2.45) is 0 Å². The molecule has 2 nitrogen and oxygen atoms in total. The maximum Gasteiger partial charge on any atom is 0.207 e. The third kappa shape index (κ3) is 7.56. The van der Waals surface area contributed by atoms with E-state index in [1.165, 1.54) is 0 Å². The third-order valence-corrected chi connectivity index (χ3v) is 1.27. The first kappa shape index (κ1) is 8.56. The lowest BCUT2D eigenvalue weighted by Gasteiger charge is -1.87. The minimum absolute atomic E-state index is 0.643. The standard InChI is InChI=1S/C6H11NOS/c1-9-5-3-2-4-7-6-8/h2-3,6H,4-5H2,1H3,(H,7,8)/b3-2+. The fraction of sp³-hybridized carbons (Fsp3) is 0.500. The Kier molecular flexibility index (Phi) is 7.19. The number of hydrogen-bond donors (Lipinski definition) is 1. The summed E-state index contributed by atoms with van der Waals surface area (Å²) in [6.07, 6.45) is 6.70. The zero-order chi connectivity index (χ0) is 6.95. The summed E-state index contributed by atoms with van der Waals surface area (Å²) < 4.78 is 0. The normalized spacial score (nSPS) is 9.89. The maximum absolute atomic E-state index is 9.69. The molecule has 0 atom stereocenters. The van der Waals surface area contributed by atoms with Crippen LogP contribution in [0.15, 0.2) is 12.2 Å². The van der Waals surface area contributed by atoms with E-state index in [2.05, 4.69) is 5.32 Å².